The van der Waals surface area contributed by atoms with Crippen LogP contribution in [0.25, 0.3) is 0 Å². The Labute approximate surface area is 199 Å². The summed E-state index contributed by atoms with van der Waals surface area (Å²) in [5.74, 6) is 0.0133. The maximum atomic E-state index is 13.9. The molecular formula is C25H34N6O3. The fraction of sp³-hybridized carbons (Fsp3) is 0.640. The summed E-state index contributed by atoms with van der Waals surface area (Å²) < 4.78 is 1.65. The van der Waals surface area contributed by atoms with E-state index in [0.29, 0.717) is 5.92 Å². The Balaban J connectivity index is 1.37. The van der Waals surface area contributed by atoms with Crippen LogP contribution in [0.2, 0.25) is 0 Å². The number of aliphatic hydroxyl groups is 1. The second-order valence-corrected chi connectivity index (χ2v) is 11.1. The van der Waals surface area contributed by atoms with Gasteiger partial charge in [0.25, 0.3) is 0 Å². The second-order valence-electron chi connectivity index (χ2n) is 11.1. The quantitative estimate of drug-likeness (QED) is 0.699. The number of rotatable bonds is 5. The van der Waals surface area contributed by atoms with Crippen LogP contribution in [0.3, 0.4) is 0 Å². The number of amides is 2. The zero-order valence-electron chi connectivity index (χ0n) is 20.1. The molecule has 4 atom stereocenters. The van der Waals surface area contributed by atoms with Crippen molar-refractivity contribution in [1.82, 2.24) is 30.2 Å². The molecule has 9 nitrogen and oxygen atoms in total. The lowest BCUT2D eigenvalue weighted by molar-refractivity contribution is -0.144. The van der Waals surface area contributed by atoms with Crippen molar-refractivity contribution in [3.8, 4) is 0 Å². The normalized spacial score (nSPS) is 25.6. The van der Waals surface area contributed by atoms with E-state index >= 15 is 0 Å². The summed E-state index contributed by atoms with van der Waals surface area (Å²) in [4.78, 5) is 33.1. The Kier molecular flexibility index (Phi) is 5.91. The molecule has 5 rings (SSSR count). The van der Waals surface area contributed by atoms with Gasteiger partial charge in [-0.05, 0) is 54.7 Å². The number of carbonyl (C=O) groups excluding carboxylic acids is 2. The van der Waals surface area contributed by atoms with E-state index in [0.717, 1.165) is 48.9 Å². The minimum Gasteiger partial charge on any atom is -0.391 e. The fourth-order valence-corrected chi connectivity index (χ4v) is 5.38. The average molecular weight is 467 g/mol. The average Bonchev–Trinajstić information content (AvgIpc) is 3.40. The molecule has 1 saturated heterocycles. The van der Waals surface area contributed by atoms with Crippen molar-refractivity contribution < 1.29 is 14.7 Å². The predicted molar refractivity (Wildman–Crippen MR) is 125 cm³/mol. The van der Waals surface area contributed by atoms with Gasteiger partial charge in [-0.3, -0.25) is 14.6 Å². The SMILES string of the molecule is CC(C)(C)[C@H](C(=O)N1C[C@H](O)C[C@H]1C(=O)NC1CCCc2cnccc21)n1cc(C2CC2)nn1. The highest BCUT2D eigenvalue weighted by Gasteiger charge is 2.46. The van der Waals surface area contributed by atoms with Crippen molar-refractivity contribution in [2.24, 2.45) is 5.41 Å². The molecule has 0 aromatic carbocycles. The van der Waals surface area contributed by atoms with Crippen LogP contribution in [0.1, 0.15) is 87.7 Å². The number of nitrogens with zero attached hydrogens (tertiary/aromatic N) is 5. The van der Waals surface area contributed by atoms with Gasteiger partial charge in [-0.25, -0.2) is 4.68 Å². The number of aromatic nitrogens is 4. The van der Waals surface area contributed by atoms with Gasteiger partial charge in [-0.15, -0.1) is 5.10 Å². The van der Waals surface area contributed by atoms with Crippen LogP contribution < -0.4 is 5.32 Å². The zero-order chi connectivity index (χ0) is 24.0. The van der Waals surface area contributed by atoms with Crippen molar-refractivity contribution in [3.63, 3.8) is 0 Å². The van der Waals surface area contributed by atoms with Crippen LogP contribution in [0.5, 0.6) is 0 Å². The Bertz CT molecular complexity index is 1070. The lowest BCUT2D eigenvalue weighted by atomic mass is 9.85. The van der Waals surface area contributed by atoms with Crippen LogP contribution in [-0.4, -0.2) is 60.5 Å². The van der Waals surface area contributed by atoms with Gasteiger partial charge in [0.15, 0.2) is 0 Å². The first-order chi connectivity index (χ1) is 16.2. The van der Waals surface area contributed by atoms with E-state index in [1.807, 2.05) is 39.2 Å². The number of nitrogens with one attached hydrogen (secondary N) is 1. The molecule has 34 heavy (non-hydrogen) atoms. The van der Waals surface area contributed by atoms with Gasteiger partial charge in [0, 0.05) is 37.5 Å². The molecule has 3 aliphatic rings. The molecule has 0 spiro atoms. The maximum Gasteiger partial charge on any atom is 0.248 e. The standard InChI is InChI=1S/C25H34N6O3/c1-25(2,3)22(31-14-20(28-29-31)15-7-8-15)24(34)30-13-17(32)11-21(30)23(33)27-19-6-4-5-16-12-26-10-9-18(16)19/h9-10,12,14-15,17,19,21-22,32H,4-8,11,13H2,1-3H3,(H,27,33)/t17-,19?,21+,22+/m1/s1. The monoisotopic (exact) mass is 466 g/mol. The Hall–Kier alpha value is -2.81. The summed E-state index contributed by atoms with van der Waals surface area (Å²) in [6, 6.07) is 0.522. The molecular weight excluding hydrogens is 432 g/mol. The summed E-state index contributed by atoms with van der Waals surface area (Å²) in [5, 5.41) is 22.2. The van der Waals surface area contributed by atoms with Crippen LogP contribution in [0, 0.1) is 5.41 Å². The van der Waals surface area contributed by atoms with Crippen molar-refractivity contribution in [2.75, 3.05) is 6.54 Å². The molecule has 2 N–H and O–H groups in total. The number of hydrogen-bond donors (Lipinski definition) is 2. The molecule has 182 valence electrons. The minimum atomic E-state index is -0.735. The van der Waals surface area contributed by atoms with E-state index in [-0.39, 0.29) is 30.8 Å². The van der Waals surface area contributed by atoms with Gasteiger partial charge in [0.2, 0.25) is 11.8 Å². The highest BCUT2D eigenvalue weighted by molar-refractivity contribution is 5.90. The van der Waals surface area contributed by atoms with E-state index < -0.39 is 23.6 Å². The van der Waals surface area contributed by atoms with Crippen molar-refractivity contribution in [1.29, 1.82) is 0 Å². The summed E-state index contributed by atoms with van der Waals surface area (Å²) in [5.41, 5.74) is 2.72. The van der Waals surface area contributed by atoms with Gasteiger partial charge < -0.3 is 15.3 Å². The molecule has 2 aromatic heterocycles. The molecule has 2 aromatic rings. The summed E-state index contributed by atoms with van der Waals surface area (Å²) in [6.45, 7) is 6.10. The van der Waals surface area contributed by atoms with Crippen molar-refractivity contribution in [2.45, 2.75) is 89.4 Å². The molecule has 1 aliphatic heterocycles. The lowest BCUT2D eigenvalue weighted by Gasteiger charge is -2.35. The lowest BCUT2D eigenvalue weighted by Crippen LogP contribution is -2.51. The maximum absolute atomic E-state index is 13.9. The minimum absolute atomic E-state index is 0.108. The molecule has 3 heterocycles. The molecule has 0 bridgehead atoms. The fourth-order valence-electron chi connectivity index (χ4n) is 5.38. The number of hydrogen-bond acceptors (Lipinski definition) is 6. The molecule has 1 unspecified atom stereocenters. The third-order valence-electron chi connectivity index (χ3n) is 7.28. The largest absolute Gasteiger partial charge is 0.391 e. The molecule has 1 saturated carbocycles. The molecule has 0 radical (unpaired) electrons. The van der Waals surface area contributed by atoms with Gasteiger partial charge in [-0.2, -0.15) is 0 Å². The number of carbonyl (C=O) groups is 2. The van der Waals surface area contributed by atoms with Gasteiger partial charge >= 0.3 is 0 Å². The van der Waals surface area contributed by atoms with E-state index in [9.17, 15) is 14.7 Å². The van der Waals surface area contributed by atoms with Gasteiger partial charge in [0.05, 0.1) is 17.8 Å². The van der Waals surface area contributed by atoms with Crippen molar-refractivity contribution in [3.05, 3.63) is 41.5 Å². The van der Waals surface area contributed by atoms with Crippen LogP contribution in [-0.2, 0) is 16.0 Å². The van der Waals surface area contributed by atoms with E-state index in [1.54, 1.807) is 15.8 Å². The number of aryl methyl sites for hydroxylation is 1. The Morgan fingerprint density at radius 2 is 2.03 bits per heavy atom. The number of pyridine rings is 1. The molecule has 9 heteroatoms. The number of fused-ring (bicyclic) bond motifs is 1. The molecule has 2 amide bonds. The van der Waals surface area contributed by atoms with Gasteiger partial charge in [-0.1, -0.05) is 26.0 Å². The van der Waals surface area contributed by atoms with Crippen LogP contribution in [0.15, 0.2) is 24.7 Å². The first-order valence-corrected chi connectivity index (χ1v) is 12.4. The van der Waals surface area contributed by atoms with Crippen LogP contribution in [0.4, 0.5) is 0 Å². The highest BCUT2D eigenvalue weighted by Crippen LogP contribution is 2.40. The summed E-state index contributed by atoms with van der Waals surface area (Å²) in [6.07, 6.45) is 9.97. The first kappa shape index (κ1) is 23.0. The third kappa shape index (κ3) is 4.45. The third-order valence-corrected chi connectivity index (χ3v) is 7.28. The van der Waals surface area contributed by atoms with Crippen LogP contribution >= 0.6 is 0 Å². The summed E-state index contributed by atoms with van der Waals surface area (Å²) in [7, 11) is 0. The number of aliphatic hydroxyl groups excluding tert-OH is 1. The number of likely N-dealkylation sites (tertiary alicyclic amines) is 1. The van der Waals surface area contributed by atoms with Gasteiger partial charge in [0.1, 0.15) is 12.1 Å². The first-order valence-electron chi connectivity index (χ1n) is 12.4. The van der Waals surface area contributed by atoms with E-state index in [1.165, 1.54) is 0 Å². The number of β-amino-alcohol motifs (C(OH)–C–C–N with tert-alkyl or cyclic N) is 1. The smallest absolute Gasteiger partial charge is 0.248 e. The summed E-state index contributed by atoms with van der Waals surface area (Å²) >= 11 is 0. The molecule has 2 aliphatic carbocycles. The highest BCUT2D eigenvalue weighted by atomic mass is 16.3. The predicted octanol–water partition coefficient (Wildman–Crippen LogP) is 2.29. The van der Waals surface area contributed by atoms with Crippen molar-refractivity contribution >= 4 is 11.8 Å². The Morgan fingerprint density at radius 3 is 2.76 bits per heavy atom. The zero-order valence-corrected chi connectivity index (χ0v) is 20.1. The second kappa shape index (κ2) is 8.76. The Morgan fingerprint density at radius 1 is 1.24 bits per heavy atom. The topological polar surface area (TPSA) is 113 Å². The van der Waals surface area contributed by atoms with E-state index in [4.69, 9.17) is 0 Å². The molecule has 2 fully saturated rings. The van der Waals surface area contributed by atoms with E-state index in [2.05, 4.69) is 20.6 Å².